The molecule has 5 nitrogen and oxygen atoms in total. The van der Waals surface area contributed by atoms with Crippen LogP contribution in [-0.2, 0) is 18.9 Å². The molecule has 120 valence electrons. The molecule has 5 heteroatoms. The first-order valence-corrected chi connectivity index (χ1v) is 7.98. The maximum Gasteiger partial charge on any atom is 0.0701 e. The third-order valence-corrected chi connectivity index (χ3v) is 3.24. The third kappa shape index (κ3) is 10.6. The predicted molar refractivity (Wildman–Crippen MR) is 79.2 cm³/mol. The van der Waals surface area contributed by atoms with Gasteiger partial charge in [-0.15, -0.1) is 0 Å². The molecule has 1 atom stereocenters. The van der Waals surface area contributed by atoms with Gasteiger partial charge in [-0.25, -0.2) is 0 Å². The molecule has 0 amide bonds. The van der Waals surface area contributed by atoms with Gasteiger partial charge in [0.05, 0.1) is 46.2 Å². The molecular formula is C15H31NO4. The third-order valence-electron chi connectivity index (χ3n) is 3.24. The molecule has 1 N–H and O–H groups in total. The zero-order valence-electron chi connectivity index (χ0n) is 12.9. The molecule has 1 fully saturated rings. The fourth-order valence-corrected chi connectivity index (χ4v) is 2.03. The Hall–Kier alpha value is -0.200. The first-order valence-electron chi connectivity index (χ1n) is 7.98. The molecule has 20 heavy (non-hydrogen) atoms. The summed E-state index contributed by atoms with van der Waals surface area (Å²) in [6.45, 7) is 8.81. The fraction of sp³-hybridized carbons (Fsp3) is 1.00. The number of nitrogens with one attached hydrogen (secondary N) is 1. The largest absolute Gasteiger partial charge is 0.379 e. The number of hydrogen-bond acceptors (Lipinski definition) is 5. The van der Waals surface area contributed by atoms with E-state index in [1.807, 2.05) is 0 Å². The summed E-state index contributed by atoms with van der Waals surface area (Å²) < 4.78 is 21.8. The highest BCUT2D eigenvalue weighted by Crippen LogP contribution is 2.04. The van der Waals surface area contributed by atoms with Crippen molar-refractivity contribution in [3.63, 3.8) is 0 Å². The second-order valence-corrected chi connectivity index (χ2v) is 5.06. The van der Waals surface area contributed by atoms with Crippen molar-refractivity contribution in [2.24, 2.45) is 0 Å². The minimum atomic E-state index is 0.547. The quantitative estimate of drug-likeness (QED) is 0.492. The Kier molecular flexibility index (Phi) is 12.3. The Morgan fingerprint density at radius 3 is 2.00 bits per heavy atom. The summed E-state index contributed by atoms with van der Waals surface area (Å²) in [5.74, 6) is 0. The zero-order valence-corrected chi connectivity index (χ0v) is 12.9. The van der Waals surface area contributed by atoms with E-state index in [1.54, 1.807) is 0 Å². The molecular weight excluding hydrogens is 258 g/mol. The lowest BCUT2D eigenvalue weighted by Gasteiger charge is -2.11. The second-order valence-electron chi connectivity index (χ2n) is 5.06. The normalized spacial score (nSPS) is 18.8. The van der Waals surface area contributed by atoms with E-state index in [0.717, 1.165) is 26.2 Å². The van der Waals surface area contributed by atoms with Crippen molar-refractivity contribution in [3.05, 3.63) is 0 Å². The first-order chi connectivity index (χ1) is 9.93. The van der Waals surface area contributed by atoms with Gasteiger partial charge in [0.15, 0.2) is 0 Å². The van der Waals surface area contributed by atoms with Gasteiger partial charge in [-0.2, -0.15) is 0 Å². The van der Waals surface area contributed by atoms with Gasteiger partial charge in [-0.05, 0) is 25.8 Å². The standard InChI is InChI=1S/C15H31NO4/c1-2-3-7-17-8-9-18-10-11-19-12-13-20-14-15-5-4-6-16-15/h15-16H,2-14H2,1H3. The molecule has 0 spiro atoms. The van der Waals surface area contributed by atoms with Gasteiger partial charge in [0, 0.05) is 12.6 Å². The number of hydrogen-bond donors (Lipinski definition) is 1. The molecule has 0 aliphatic carbocycles. The van der Waals surface area contributed by atoms with Crippen LogP contribution in [0, 0.1) is 0 Å². The molecule has 0 aromatic rings. The molecule has 0 radical (unpaired) electrons. The maximum absolute atomic E-state index is 5.55. The van der Waals surface area contributed by atoms with Gasteiger partial charge in [0.1, 0.15) is 0 Å². The number of unbranched alkanes of at least 4 members (excludes halogenated alkanes) is 1. The van der Waals surface area contributed by atoms with E-state index in [0.29, 0.717) is 45.7 Å². The van der Waals surface area contributed by atoms with Gasteiger partial charge < -0.3 is 24.3 Å². The lowest BCUT2D eigenvalue weighted by molar-refractivity contribution is -0.00380. The van der Waals surface area contributed by atoms with Crippen LogP contribution in [0.3, 0.4) is 0 Å². The van der Waals surface area contributed by atoms with Crippen LogP contribution in [-0.4, -0.2) is 65.4 Å². The van der Waals surface area contributed by atoms with Crippen molar-refractivity contribution >= 4 is 0 Å². The minimum Gasteiger partial charge on any atom is -0.379 e. The van der Waals surface area contributed by atoms with Gasteiger partial charge in [-0.3, -0.25) is 0 Å². The lowest BCUT2D eigenvalue weighted by Crippen LogP contribution is -2.27. The minimum absolute atomic E-state index is 0.547. The summed E-state index contributed by atoms with van der Waals surface area (Å²) >= 11 is 0. The lowest BCUT2D eigenvalue weighted by atomic mass is 10.2. The summed E-state index contributed by atoms with van der Waals surface area (Å²) in [6, 6.07) is 0.547. The molecule has 1 aliphatic heterocycles. The molecule has 0 aromatic carbocycles. The molecule has 0 bridgehead atoms. The zero-order chi connectivity index (χ0) is 14.3. The fourth-order valence-electron chi connectivity index (χ4n) is 2.03. The van der Waals surface area contributed by atoms with Crippen LogP contribution >= 0.6 is 0 Å². The Morgan fingerprint density at radius 2 is 1.45 bits per heavy atom. The maximum atomic E-state index is 5.55. The van der Waals surface area contributed by atoms with E-state index in [2.05, 4.69) is 12.2 Å². The highest BCUT2D eigenvalue weighted by Gasteiger charge is 2.13. The summed E-state index contributed by atoms with van der Waals surface area (Å²) in [5.41, 5.74) is 0. The molecule has 1 unspecified atom stereocenters. The Morgan fingerprint density at radius 1 is 0.850 bits per heavy atom. The van der Waals surface area contributed by atoms with E-state index >= 15 is 0 Å². The topological polar surface area (TPSA) is 49.0 Å². The van der Waals surface area contributed by atoms with Crippen molar-refractivity contribution in [2.45, 2.75) is 38.6 Å². The Labute approximate surface area is 123 Å². The average Bonchev–Trinajstić information content (AvgIpc) is 2.97. The van der Waals surface area contributed by atoms with Crippen LogP contribution in [0.25, 0.3) is 0 Å². The predicted octanol–water partition coefficient (Wildman–Crippen LogP) is 1.60. The summed E-state index contributed by atoms with van der Waals surface area (Å²) in [6.07, 6.45) is 4.80. The van der Waals surface area contributed by atoms with E-state index in [1.165, 1.54) is 19.3 Å². The highest BCUT2D eigenvalue weighted by atomic mass is 16.6. The van der Waals surface area contributed by atoms with Gasteiger partial charge >= 0.3 is 0 Å². The van der Waals surface area contributed by atoms with Crippen molar-refractivity contribution in [2.75, 3.05) is 59.4 Å². The van der Waals surface area contributed by atoms with Crippen LogP contribution < -0.4 is 5.32 Å². The van der Waals surface area contributed by atoms with Crippen molar-refractivity contribution in [1.82, 2.24) is 5.32 Å². The summed E-state index contributed by atoms with van der Waals surface area (Å²) in [7, 11) is 0. The number of ether oxygens (including phenoxy) is 4. The van der Waals surface area contributed by atoms with E-state index in [-0.39, 0.29) is 0 Å². The van der Waals surface area contributed by atoms with Gasteiger partial charge in [0.2, 0.25) is 0 Å². The smallest absolute Gasteiger partial charge is 0.0701 e. The van der Waals surface area contributed by atoms with Crippen LogP contribution in [0.4, 0.5) is 0 Å². The SMILES string of the molecule is CCCCOCCOCCOCCOCC1CCCN1. The van der Waals surface area contributed by atoms with Gasteiger partial charge in [-0.1, -0.05) is 13.3 Å². The van der Waals surface area contributed by atoms with Crippen LogP contribution in [0.5, 0.6) is 0 Å². The van der Waals surface area contributed by atoms with E-state index in [9.17, 15) is 0 Å². The Bertz CT molecular complexity index is 198. The molecule has 1 heterocycles. The number of rotatable bonds is 14. The highest BCUT2D eigenvalue weighted by molar-refractivity contribution is 4.73. The monoisotopic (exact) mass is 289 g/mol. The molecule has 0 aromatic heterocycles. The molecule has 1 aliphatic rings. The molecule has 1 saturated heterocycles. The molecule has 0 saturated carbocycles. The van der Waals surface area contributed by atoms with Crippen molar-refractivity contribution < 1.29 is 18.9 Å². The van der Waals surface area contributed by atoms with E-state index in [4.69, 9.17) is 18.9 Å². The summed E-state index contributed by atoms with van der Waals surface area (Å²) in [5, 5.41) is 3.40. The summed E-state index contributed by atoms with van der Waals surface area (Å²) in [4.78, 5) is 0. The molecule has 1 rings (SSSR count). The second kappa shape index (κ2) is 13.8. The van der Waals surface area contributed by atoms with Crippen molar-refractivity contribution in [3.8, 4) is 0 Å². The van der Waals surface area contributed by atoms with Crippen LogP contribution in [0.2, 0.25) is 0 Å². The van der Waals surface area contributed by atoms with E-state index < -0.39 is 0 Å². The average molecular weight is 289 g/mol. The van der Waals surface area contributed by atoms with Gasteiger partial charge in [0.25, 0.3) is 0 Å². The van der Waals surface area contributed by atoms with Crippen molar-refractivity contribution in [1.29, 1.82) is 0 Å². The first kappa shape index (κ1) is 17.9. The van der Waals surface area contributed by atoms with Crippen LogP contribution in [0.1, 0.15) is 32.6 Å². The van der Waals surface area contributed by atoms with Crippen LogP contribution in [0.15, 0.2) is 0 Å². The Balaban J connectivity index is 1.66.